The maximum atomic E-state index is 11.3. The van der Waals surface area contributed by atoms with Gasteiger partial charge in [0.2, 0.25) is 0 Å². The molecule has 0 aromatic rings. The van der Waals surface area contributed by atoms with Crippen molar-refractivity contribution in [3.8, 4) is 0 Å². The molecule has 0 aliphatic heterocycles. The fourth-order valence-corrected chi connectivity index (χ4v) is 2.49. The highest BCUT2D eigenvalue weighted by Crippen LogP contribution is 2.60. The van der Waals surface area contributed by atoms with Crippen LogP contribution in [0.3, 0.4) is 0 Å². The molecule has 0 aromatic heterocycles. The van der Waals surface area contributed by atoms with Gasteiger partial charge in [0.05, 0.1) is 0 Å². The Kier molecular flexibility index (Phi) is 1.04. The number of rotatable bonds is 0. The van der Waals surface area contributed by atoms with Crippen LogP contribution in [0.1, 0.15) is 33.1 Å². The summed E-state index contributed by atoms with van der Waals surface area (Å²) in [5.74, 6) is 1.64. The lowest BCUT2D eigenvalue weighted by Gasteiger charge is -2.21. The maximum Gasteiger partial charge on any atom is 0.136 e. The minimum atomic E-state index is 0.439. The highest BCUT2D eigenvalue weighted by atomic mass is 16.1. The molecule has 2 saturated carbocycles. The molecule has 10 heavy (non-hydrogen) atoms. The zero-order chi connectivity index (χ0) is 7.35. The van der Waals surface area contributed by atoms with Gasteiger partial charge in [0.1, 0.15) is 5.78 Å². The number of carbonyl (C=O) groups excluding carboxylic acids is 1. The lowest BCUT2D eigenvalue weighted by molar-refractivity contribution is -0.123. The fourth-order valence-electron chi connectivity index (χ4n) is 2.49. The Hall–Kier alpha value is -0.330. The molecule has 0 spiro atoms. The Labute approximate surface area is 61.8 Å². The van der Waals surface area contributed by atoms with Gasteiger partial charge in [0, 0.05) is 12.3 Å². The van der Waals surface area contributed by atoms with E-state index in [9.17, 15) is 4.79 Å². The number of hydrogen-bond acceptors (Lipinski definition) is 1. The number of carbonyl (C=O) groups is 1. The van der Waals surface area contributed by atoms with E-state index in [4.69, 9.17) is 0 Å². The molecule has 2 rings (SSSR count). The van der Waals surface area contributed by atoms with Crippen molar-refractivity contribution in [1.29, 1.82) is 0 Å². The summed E-state index contributed by atoms with van der Waals surface area (Å²) in [6.45, 7) is 4.45. The second kappa shape index (κ2) is 1.63. The van der Waals surface area contributed by atoms with Crippen LogP contribution >= 0.6 is 0 Å². The Morgan fingerprint density at radius 2 is 2.20 bits per heavy atom. The lowest BCUT2D eigenvalue weighted by atomic mass is 9.82. The number of hydrogen-bond donors (Lipinski definition) is 0. The summed E-state index contributed by atoms with van der Waals surface area (Å²) in [4.78, 5) is 11.3. The van der Waals surface area contributed by atoms with Crippen LogP contribution in [0.15, 0.2) is 0 Å². The molecule has 0 bridgehead atoms. The third-order valence-electron chi connectivity index (χ3n) is 3.10. The van der Waals surface area contributed by atoms with E-state index in [1.54, 1.807) is 0 Å². The van der Waals surface area contributed by atoms with Crippen LogP contribution in [0.2, 0.25) is 0 Å². The summed E-state index contributed by atoms with van der Waals surface area (Å²) >= 11 is 0. The first-order valence-corrected chi connectivity index (χ1v) is 4.14. The topological polar surface area (TPSA) is 17.1 Å². The molecule has 0 saturated heterocycles. The molecule has 1 heteroatoms. The Morgan fingerprint density at radius 3 is 2.80 bits per heavy atom. The van der Waals surface area contributed by atoms with Gasteiger partial charge in [-0.15, -0.1) is 0 Å². The van der Waals surface area contributed by atoms with Crippen LogP contribution in [-0.2, 0) is 4.79 Å². The fraction of sp³-hybridized carbons (Fsp3) is 0.889. The minimum Gasteiger partial charge on any atom is -0.299 e. The quantitative estimate of drug-likeness (QED) is 0.500. The first-order chi connectivity index (χ1) is 4.62. The number of ketones is 1. The van der Waals surface area contributed by atoms with E-state index >= 15 is 0 Å². The van der Waals surface area contributed by atoms with Gasteiger partial charge in [-0.05, 0) is 24.2 Å². The molecule has 0 radical (unpaired) electrons. The predicted octanol–water partition coefficient (Wildman–Crippen LogP) is 2.01. The van der Waals surface area contributed by atoms with E-state index in [0.717, 1.165) is 6.42 Å². The zero-order valence-corrected chi connectivity index (χ0v) is 6.68. The van der Waals surface area contributed by atoms with Gasteiger partial charge in [-0.2, -0.15) is 0 Å². The molecule has 0 N–H and O–H groups in total. The SMILES string of the molecule is CC1CC(=O)C2CC2(C)C1. The standard InChI is InChI=1S/C9H14O/c1-6-3-8(10)7-5-9(7,2)4-6/h6-7H,3-5H2,1-2H3. The van der Waals surface area contributed by atoms with E-state index in [2.05, 4.69) is 13.8 Å². The van der Waals surface area contributed by atoms with Crippen molar-refractivity contribution in [1.82, 2.24) is 0 Å². The summed E-state index contributed by atoms with van der Waals surface area (Å²) in [6.07, 6.45) is 3.31. The average Bonchev–Trinajstić information content (AvgIpc) is 2.39. The summed E-state index contributed by atoms with van der Waals surface area (Å²) < 4.78 is 0. The third-order valence-corrected chi connectivity index (χ3v) is 3.10. The van der Waals surface area contributed by atoms with Crippen molar-refractivity contribution < 1.29 is 4.79 Å². The monoisotopic (exact) mass is 138 g/mol. The molecular weight excluding hydrogens is 124 g/mol. The van der Waals surface area contributed by atoms with Gasteiger partial charge >= 0.3 is 0 Å². The molecule has 2 aliphatic rings. The normalized spacial score (nSPS) is 52.4. The highest BCUT2D eigenvalue weighted by Gasteiger charge is 2.56. The highest BCUT2D eigenvalue weighted by molar-refractivity contribution is 5.85. The van der Waals surface area contributed by atoms with Gasteiger partial charge in [-0.1, -0.05) is 13.8 Å². The summed E-state index contributed by atoms with van der Waals surface area (Å²) in [7, 11) is 0. The van der Waals surface area contributed by atoms with Gasteiger partial charge < -0.3 is 0 Å². The van der Waals surface area contributed by atoms with Crippen molar-refractivity contribution in [2.24, 2.45) is 17.3 Å². The van der Waals surface area contributed by atoms with E-state index < -0.39 is 0 Å². The second-order valence-corrected chi connectivity index (χ2v) is 4.39. The molecule has 2 fully saturated rings. The molecule has 3 atom stereocenters. The lowest BCUT2D eigenvalue weighted by Crippen LogP contribution is -2.20. The van der Waals surface area contributed by atoms with E-state index in [1.807, 2.05) is 0 Å². The van der Waals surface area contributed by atoms with Crippen molar-refractivity contribution in [2.45, 2.75) is 33.1 Å². The van der Waals surface area contributed by atoms with Crippen molar-refractivity contribution >= 4 is 5.78 Å². The third kappa shape index (κ3) is 0.727. The van der Waals surface area contributed by atoms with Gasteiger partial charge in [0.15, 0.2) is 0 Å². The van der Waals surface area contributed by atoms with E-state index in [-0.39, 0.29) is 0 Å². The second-order valence-electron chi connectivity index (χ2n) is 4.39. The Morgan fingerprint density at radius 1 is 1.50 bits per heavy atom. The predicted molar refractivity (Wildman–Crippen MR) is 39.6 cm³/mol. The van der Waals surface area contributed by atoms with E-state index in [1.165, 1.54) is 12.8 Å². The van der Waals surface area contributed by atoms with Crippen LogP contribution in [0.25, 0.3) is 0 Å². The largest absolute Gasteiger partial charge is 0.299 e. The van der Waals surface area contributed by atoms with E-state index in [0.29, 0.717) is 23.0 Å². The molecule has 56 valence electrons. The zero-order valence-electron chi connectivity index (χ0n) is 6.68. The van der Waals surface area contributed by atoms with Crippen LogP contribution in [-0.4, -0.2) is 5.78 Å². The van der Waals surface area contributed by atoms with Gasteiger partial charge in [-0.3, -0.25) is 4.79 Å². The summed E-state index contributed by atoms with van der Waals surface area (Å²) in [6, 6.07) is 0. The minimum absolute atomic E-state index is 0.439. The van der Waals surface area contributed by atoms with Crippen molar-refractivity contribution in [3.63, 3.8) is 0 Å². The van der Waals surface area contributed by atoms with Gasteiger partial charge in [-0.25, -0.2) is 0 Å². The van der Waals surface area contributed by atoms with Crippen LogP contribution in [0.4, 0.5) is 0 Å². The van der Waals surface area contributed by atoms with Crippen molar-refractivity contribution in [3.05, 3.63) is 0 Å². The molecule has 1 nitrogen and oxygen atoms in total. The first-order valence-electron chi connectivity index (χ1n) is 4.14. The molecule has 0 heterocycles. The summed E-state index contributed by atoms with van der Waals surface area (Å²) in [5, 5.41) is 0. The average molecular weight is 138 g/mol. The Bertz CT molecular complexity index is 185. The van der Waals surface area contributed by atoms with Crippen LogP contribution in [0, 0.1) is 17.3 Å². The summed E-state index contributed by atoms with van der Waals surface area (Å²) in [5.41, 5.74) is 0.439. The van der Waals surface area contributed by atoms with Crippen molar-refractivity contribution in [2.75, 3.05) is 0 Å². The molecule has 0 amide bonds. The number of fused-ring (bicyclic) bond motifs is 1. The first kappa shape index (κ1) is 6.38. The molecular formula is C9H14O. The smallest absolute Gasteiger partial charge is 0.136 e. The van der Waals surface area contributed by atoms with Crippen LogP contribution < -0.4 is 0 Å². The molecule has 3 unspecified atom stereocenters. The molecule has 0 aromatic carbocycles. The number of Topliss-reactive ketones (excluding diaryl/α,β-unsaturated/α-hetero) is 1. The molecule has 2 aliphatic carbocycles. The Balaban J connectivity index is 2.15. The maximum absolute atomic E-state index is 11.3. The van der Waals surface area contributed by atoms with Crippen LogP contribution in [0.5, 0.6) is 0 Å². The van der Waals surface area contributed by atoms with Gasteiger partial charge in [0.25, 0.3) is 0 Å².